The SMILES string of the molecule is CC(C)[C@H](NC(=O)c1ccncc1)C(=O)N(CCCCCCCCCCCCN)C(=O)[C@@H](NC(=O)c1ccncc1)C(C)C. The number of hydrogen-bond acceptors (Lipinski definition) is 7. The number of nitrogens with two attached hydrogens (primary N) is 1. The standard InChI is InChI=1S/C34H52N6O4/c1-25(2)29(38-31(41)27-15-20-36-21-16-27)33(43)40(24-14-12-10-8-6-5-7-9-11-13-19-35)34(44)30(26(3)4)39-32(42)28-17-22-37-23-18-28/h15-18,20-23,25-26,29-30H,5-14,19,24,35H2,1-4H3,(H,38,41)(H,39,42)/t29-,30-/m0/s1. The van der Waals surface area contributed by atoms with Crippen LogP contribution in [0.15, 0.2) is 49.1 Å². The fourth-order valence-corrected chi connectivity index (χ4v) is 4.98. The van der Waals surface area contributed by atoms with E-state index in [0.29, 0.717) is 17.5 Å². The van der Waals surface area contributed by atoms with Crippen molar-refractivity contribution in [3.8, 4) is 0 Å². The van der Waals surface area contributed by atoms with Crippen molar-refractivity contribution in [3.63, 3.8) is 0 Å². The van der Waals surface area contributed by atoms with Crippen LogP contribution in [0.25, 0.3) is 0 Å². The van der Waals surface area contributed by atoms with E-state index in [1.165, 1.54) is 55.4 Å². The van der Waals surface area contributed by atoms with Crippen molar-refractivity contribution in [1.82, 2.24) is 25.5 Å². The van der Waals surface area contributed by atoms with Crippen molar-refractivity contribution in [3.05, 3.63) is 60.2 Å². The first kappa shape index (κ1) is 36.5. The highest BCUT2D eigenvalue weighted by Gasteiger charge is 2.37. The average Bonchev–Trinajstić information content (AvgIpc) is 3.02. The fraction of sp³-hybridized carbons (Fsp3) is 0.588. The molecule has 10 heteroatoms. The number of carbonyl (C=O) groups is 4. The minimum Gasteiger partial charge on any atom is -0.340 e. The van der Waals surface area contributed by atoms with E-state index in [1.807, 2.05) is 27.7 Å². The van der Waals surface area contributed by atoms with E-state index in [4.69, 9.17) is 5.73 Å². The van der Waals surface area contributed by atoms with Gasteiger partial charge >= 0.3 is 0 Å². The van der Waals surface area contributed by atoms with E-state index in [9.17, 15) is 19.2 Å². The highest BCUT2D eigenvalue weighted by molar-refractivity contribution is 6.05. The van der Waals surface area contributed by atoms with Crippen LogP contribution < -0.4 is 16.4 Å². The number of rotatable bonds is 20. The van der Waals surface area contributed by atoms with Gasteiger partial charge in [-0.2, -0.15) is 0 Å². The normalized spacial score (nSPS) is 12.5. The molecule has 2 atom stereocenters. The van der Waals surface area contributed by atoms with Crippen LogP contribution in [-0.2, 0) is 9.59 Å². The van der Waals surface area contributed by atoms with E-state index in [1.54, 1.807) is 24.3 Å². The number of nitrogens with zero attached hydrogens (tertiary/aromatic N) is 3. The van der Waals surface area contributed by atoms with Gasteiger partial charge in [0.2, 0.25) is 0 Å². The van der Waals surface area contributed by atoms with Gasteiger partial charge in [0.05, 0.1) is 0 Å². The Labute approximate surface area is 263 Å². The lowest BCUT2D eigenvalue weighted by Crippen LogP contribution is -2.58. The lowest BCUT2D eigenvalue weighted by atomic mass is 9.98. The Kier molecular flexibility index (Phi) is 16.9. The molecule has 0 fully saturated rings. The van der Waals surface area contributed by atoms with Crippen molar-refractivity contribution in [2.45, 2.75) is 104 Å². The number of aromatic nitrogens is 2. The summed E-state index contributed by atoms with van der Waals surface area (Å²) in [6.07, 6.45) is 16.8. The van der Waals surface area contributed by atoms with Crippen molar-refractivity contribution in [2.24, 2.45) is 17.6 Å². The van der Waals surface area contributed by atoms with Gasteiger partial charge in [-0.3, -0.25) is 34.0 Å². The van der Waals surface area contributed by atoms with Gasteiger partial charge in [0.1, 0.15) is 12.1 Å². The Bertz CT molecular complexity index is 1070. The molecule has 2 rings (SSSR count). The molecule has 0 aliphatic carbocycles. The van der Waals surface area contributed by atoms with Crippen LogP contribution in [0.2, 0.25) is 0 Å². The molecule has 0 aliphatic heterocycles. The number of unbranched alkanes of at least 4 members (excludes halogenated alkanes) is 9. The smallest absolute Gasteiger partial charge is 0.252 e. The Morgan fingerprint density at radius 3 is 1.30 bits per heavy atom. The zero-order valence-corrected chi connectivity index (χ0v) is 27.0. The number of carbonyl (C=O) groups excluding carboxylic acids is 4. The summed E-state index contributed by atoms with van der Waals surface area (Å²) < 4.78 is 0. The van der Waals surface area contributed by atoms with Gasteiger partial charge in [0.25, 0.3) is 23.6 Å². The molecule has 0 saturated heterocycles. The summed E-state index contributed by atoms with van der Waals surface area (Å²) in [5.74, 6) is -2.35. The third-order valence-electron chi connectivity index (χ3n) is 7.69. The summed E-state index contributed by atoms with van der Waals surface area (Å²) in [4.78, 5) is 63.2. The van der Waals surface area contributed by atoms with Crippen LogP contribution in [0.5, 0.6) is 0 Å². The predicted molar refractivity (Wildman–Crippen MR) is 173 cm³/mol. The third kappa shape index (κ3) is 12.5. The van der Waals surface area contributed by atoms with Crippen LogP contribution in [0.1, 0.15) is 113 Å². The molecule has 0 saturated carbocycles. The maximum atomic E-state index is 14.0. The number of nitrogens with one attached hydrogen (secondary N) is 2. The zero-order chi connectivity index (χ0) is 32.3. The Morgan fingerprint density at radius 1 is 0.614 bits per heavy atom. The molecule has 4 N–H and O–H groups in total. The molecule has 10 nitrogen and oxygen atoms in total. The summed E-state index contributed by atoms with van der Waals surface area (Å²) in [5.41, 5.74) is 6.31. The van der Waals surface area contributed by atoms with Crippen molar-refractivity contribution in [2.75, 3.05) is 13.1 Å². The molecule has 0 aromatic carbocycles. The van der Waals surface area contributed by atoms with Crippen molar-refractivity contribution in [1.29, 1.82) is 0 Å². The summed E-state index contributed by atoms with van der Waals surface area (Å²) >= 11 is 0. The van der Waals surface area contributed by atoms with Crippen molar-refractivity contribution >= 4 is 23.6 Å². The second-order valence-electron chi connectivity index (χ2n) is 12.0. The number of imide groups is 1. The zero-order valence-electron chi connectivity index (χ0n) is 27.0. The summed E-state index contributed by atoms with van der Waals surface area (Å²) in [5, 5.41) is 5.67. The van der Waals surface area contributed by atoms with Gasteiger partial charge in [-0.15, -0.1) is 0 Å². The van der Waals surface area contributed by atoms with Crippen LogP contribution in [0.3, 0.4) is 0 Å². The highest BCUT2D eigenvalue weighted by atomic mass is 16.2. The van der Waals surface area contributed by atoms with Crippen LogP contribution in [-0.4, -0.2) is 63.7 Å². The van der Waals surface area contributed by atoms with Gasteiger partial charge < -0.3 is 16.4 Å². The first-order valence-electron chi connectivity index (χ1n) is 16.1. The summed E-state index contributed by atoms with van der Waals surface area (Å²) in [6.45, 7) is 8.29. The topological polar surface area (TPSA) is 147 Å². The minimum atomic E-state index is -0.928. The number of amides is 4. The molecular formula is C34H52N6O4. The lowest BCUT2D eigenvalue weighted by Gasteiger charge is -2.32. The molecule has 0 unspecified atom stereocenters. The largest absolute Gasteiger partial charge is 0.340 e. The van der Waals surface area contributed by atoms with Crippen LogP contribution in [0, 0.1) is 11.8 Å². The van der Waals surface area contributed by atoms with Gasteiger partial charge in [0, 0.05) is 42.5 Å². The minimum absolute atomic E-state index is 0.208. The number of pyridine rings is 2. The maximum absolute atomic E-state index is 14.0. The summed E-state index contributed by atoms with van der Waals surface area (Å²) in [7, 11) is 0. The van der Waals surface area contributed by atoms with E-state index in [2.05, 4.69) is 20.6 Å². The monoisotopic (exact) mass is 608 g/mol. The van der Waals surface area contributed by atoms with E-state index < -0.39 is 35.7 Å². The molecule has 242 valence electrons. The Balaban J connectivity index is 2.14. The van der Waals surface area contributed by atoms with E-state index >= 15 is 0 Å². The highest BCUT2D eigenvalue weighted by Crippen LogP contribution is 2.16. The quantitative estimate of drug-likeness (QED) is 0.181. The van der Waals surface area contributed by atoms with Gasteiger partial charge in [-0.1, -0.05) is 79.1 Å². The maximum Gasteiger partial charge on any atom is 0.252 e. The molecule has 4 amide bonds. The molecular weight excluding hydrogens is 556 g/mol. The first-order valence-corrected chi connectivity index (χ1v) is 16.1. The number of hydrogen-bond donors (Lipinski definition) is 3. The van der Waals surface area contributed by atoms with Crippen LogP contribution in [0.4, 0.5) is 0 Å². The second-order valence-corrected chi connectivity index (χ2v) is 12.0. The molecule has 44 heavy (non-hydrogen) atoms. The predicted octanol–water partition coefficient (Wildman–Crippen LogP) is 4.90. The average molecular weight is 609 g/mol. The molecule has 2 heterocycles. The lowest BCUT2D eigenvalue weighted by molar-refractivity contribution is -0.148. The van der Waals surface area contributed by atoms with E-state index in [0.717, 1.165) is 38.6 Å². The Hall–Kier alpha value is -3.66. The molecule has 2 aromatic heterocycles. The molecule has 0 radical (unpaired) electrons. The molecule has 0 spiro atoms. The molecule has 2 aromatic rings. The molecule has 0 aliphatic rings. The third-order valence-corrected chi connectivity index (χ3v) is 7.69. The van der Waals surface area contributed by atoms with Crippen LogP contribution >= 0.6 is 0 Å². The molecule has 0 bridgehead atoms. The van der Waals surface area contributed by atoms with Gasteiger partial charge in [0.15, 0.2) is 0 Å². The first-order chi connectivity index (χ1) is 21.2. The van der Waals surface area contributed by atoms with Gasteiger partial charge in [-0.05, 0) is 55.5 Å². The fourth-order valence-electron chi connectivity index (χ4n) is 4.98. The van der Waals surface area contributed by atoms with Gasteiger partial charge in [-0.25, -0.2) is 0 Å². The van der Waals surface area contributed by atoms with Crippen molar-refractivity contribution < 1.29 is 19.2 Å². The Morgan fingerprint density at radius 2 is 0.955 bits per heavy atom. The van der Waals surface area contributed by atoms with E-state index in [-0.39, 0.29) is 18.4 Å². The second kappa shape index (κ2) is 20.3. The summed E-state index contributed by atoms with van der Waals surface area (Å²) in [6, 6.07) is 4.44.